The Morgan fingerprint density at radius 3 is 2.84 bits per heavy atom. The van der Waals surface area contributed by atoms with Gasteiger partial charge in [0.25, 0.3) is 0 Å². The first-order valence-electron chi connectivity index (χ1n) is 5.76. The lowest BCUT2D eigenvalue weighted by molar-refractivity contribution is 0.0636. The average molecular weight is 258 g/mol. The van der Waals surface area contributed by atoms with Crippen LogP contribution in [0.1, 0.15) is 26.3 Å². The number of rotatable bonds is 1. The largest absolute Gasteiger partial charge is 0.444 e. The van der Waals surface area contributed by atoms with Crippen molar-refractivity contribution in [2.24, 2.45) is 0 Å². The Kier molecular flexibility index (Phi) is 3.13. The maximum atomic E-state index is 11.7. The Labute approximate surface area is 110 Å². The number of H-pyrrole nitrogens is 1. The second-order valence-corrected chi connectivity index (χ2v) is 5.06. The quantitative estimate of drug-likeness (QED) is 0.822. The molecular formula is C13H14N4O2. The van der Waals surface area contributed by atoms with Crippen LogP contribution in [-0.4, -0.2) is 21.7 Å². The monoisotopic (exact) mass is 258 g/mol. The Bertz CT molecular complexity index is 661. The Morgan fingerprint density at radius 1 is 1.47 bits per heavy atom. The fourth-order valence-electron chi connectivity index (χ4n) is 1.63. The number of ether oxygens (including phenoxy) is 1. The average Bonchev–Trinajstić information content (AvgIpc) is 2.73. The van der Waals surface area contributed by atoms with Crippen LogP contribution in [0.2, 0.25) is 0 Å². The number of carbonyl (C=O) groups is 1. The van der Waals surface area contributed by atoms with Crippen molar-refractivity contribution in [1.29, 1.82) is 5.26 Å². The highest BCUT2D eigenvalue weighted by Crippen LogP contribution is 2.21. The van der Waals surface area contributed by atoms with Crippen LogP contribution in [0, 0.1) is 11.3 Å². The van der Waals surface area contributed by atoms with Crippen molar-refractivity contribution in [1.82, 2.24) is 9.97 Å². The Balaban J connectivity index is 2.26. The van der Waals surface area contributed by atoms with Crippen molar-refractivity contribution in [3.05, 3.63) is 24.0 Å². The predicted octanol–water partition coefficient (Wildman–Crippen LogP) is 2.78. The van der Waals surface area contributed by atoms with Crippen molar-refractivity contribution < 1.29 is 9.53 Å². The Hall–Kier alpha value is -2.55. The normalized spacial score (nSPS) is 11.1. The number of nitrogens with zero attached hydrogens (tertiary/aromatic N) is 2. The SMILES string of the molecule is CC(C)(C)OC(=O)Nc1cc(C#N)c2nc[nH]c2c1. The first kappa shape index (κ1) is 12.9. The second-order valence-electron chi connectivity index (χ2n) is 5.06. The van der Waals surface area contributed by atoms with E-state index in [-0.39, 0.29) is 0 Å². The molecule has 2 rings (SSSR count). The number of nitrogens with one attached hydrogen (secondary N) is 2. The van der Waals surface area contributed by atoms with Crippen LogP contribution in [0.15, 0.2) is 18.5 Å². The molecule has 0 atom stereocenters. The van der Waals surface area contributed by atoms with Crippen molar-refractivity contribution >= 4 is 22.8 Å². The minimum atomic E-state index is -0.569. The lowest BCUT2D eigenvalue weighted by Gasteiger charge is -2.19. The fraction of sp³-hybridized carbons (Fsp3) is 0.308. The summed E-state index contributed by atoms with van der Waals surface area (Å²) in [5.74, 6) is 0. The third-order valence-corrected chi connectivity index (χ3v) is 2.29. The molecule has 0 aliphatic heterocycles. The molecule has 98 valence electrons. The smallest absolute Gasteiger partial charge is 0.412 e. The molecule has 19 heavy (non-hydrogen) atoms. The van der Waals surface area contributed by atoms with E-state index in [1.54, 1.807) is 32.9 Å². The van der Waals surface area contributed by atoms with E-state index < -0.39 is 11.7 Å². The van der Waals surface area contributed by atoms with E-state index in [0.717, 1.165) is 0 Å². The van der Waals surface area contributed by atoms with Crippen LogP contribution in [0.3, 0.4) is 0 Å². The number of aromatic amines is 1. The molecule has 2 aromatic rings. The van der Waals surface area contributed by atoms with Crippen molar-refractivity contribution in [3.8, 4) is 6.07 Å². The highest BCUT2D eigenvalue weighted by atomic mass is 16.6. The van der Waals surface area contributed by atoms with E-state index in [9.17, 15) is 4.79 Å². The van der Waals surface area contributed by atoms with Crippen molar-refractivity contribution in [3.63, 3.8) is 0 Å². The van der Waals surface area contributed by atoms with Crippen LogP contribution in [-0.2, 0) is 4.74 Å². The zero-order valence-corrected chi connectivity index (χ0v) is 10.9. The lowest BCUT2D eigenvalue weighted by Crippen LogP contribution is -2.27. The third kappa shape index (κ3) is 3.01. The van der Waals surface area contributed by atoms with Gasteiger partial charge in [-0.1, -0.05) is 0 Å². The van der Waals surface area contributed by atoms with Gasteiger partial charge in [0.1, 0.15) is 17.2 Å². The first-order chi connectivity index (χ1) is 8.89. The molecule has 0 spiro atoms. The zero-order valence-electron chi connectivity index (χ0n) is 10.9. The summed E-state index contributed by atoms with van der Waals surface area (Å²) in [7, 11) is 0. The van der Waals surface area contributed by atoms with Crippen LogP contribution in [0.4, 0.5) is 10.5 Å². The topological polar surface area (TPSA) is 90.8 Å². The van der Waals surface area contributed by atoms with E-state index in [4.69, 9.17) is 10.00 Å². The molecule has 0 aliphatic carbocycles. The zero-order chi connectivity index (χ0) is 14.0. The van der Waals surface area contributed by atoms with Gasteiger partial charge in [0.05, 0.1) is 17.4 Å². The van der Waals surface area contributed by atoms with Crippen LogP contribution < -0.4 is 5.32 Å². The number of hydrogen-bond acceptors (Lipinski definition) is 4. The van der Waals surface area contributed by atoms with Gasteiger partial charge in [0.15, 0.2) is 0 Å². The van der Waals surface area contributed by atoms with Gasteiger partial charge in [-0.3, -0.25) is 5.32 Å². The first-order valence-corrected chi connectivity index (χ1v) is 5.76. The van der Waals surface area contributed by atoms with Crippen molar-refractivity contribution in [2.45, 2.75) is 26.4 Å². The molecule has 0 bridgehead atoms. The molecule has 1 aromatic carbocycles. The summed E-state index contributed by atoms with van der Waals surface area (Å²) in [4.78, 5) is 18.6. The van der Waals surface area contributed by atoms with Crippen molar-refractivity contribution in [2.75, 3.05) is 5.32 Å². The molecular weight excluding hydrogens is 244 g/mol. The molecule has 1 heterocycles. The summed E-state index contributed by atoms with van der Waals surface area (Å²) < 4.78 is 5.15. The number of hydrogen-bond donors (Lipinski definition) is 2. The molecule has 1 amide bonds. The van der Waals surface area contributed by atoms with E-state index in [1.165, 1.54) is 6.33 Å². The standard InChI is InChI=1S/C13H14N4O2/c1-13(2,3)19-12(18)17-9-4-8(6-14)11-10(5-9)15-7-16-11/h4-5,7H,1-3H3,(H,15,16)(H,17,18). The van der Waals surface area contributed by atoms with E-state index in [2.05, 4.69) is 15.3 Å². The van der Waals surface area contributed by atoms with Gasteiger partial charge >= 0.3 is 6.09 Å². The number of benzene rings is 1. The number of fused-ring (bicyclic) bond motifs is 1. The number of carbonyl (C=O) groups excluding carboxylic acids is 1. The van der Waals surface area contributed by atoms with Crippen LogP contribution >= 0.6 is 0 Å². The van der Waals surface area contributed by atoms with E-state index in [0.29, 0.717) is 22.3 Å². The minimum absolute atomic E-state index is 0.393. The lowest BCUT2D eigenvalue weighted by atomic mass is 10.2. The summed E-state index contributed by atoms with van der Waals surface area (Å²) in [5, 5.41) is 11.6. The molecule has 0 radical (unpaired) electrons. The van der Waals surface area contributed by atoms with Crippen LogP contribution in [0.25, 0.3) is 11.0 Å². The highest BCUT2D eigenvalue weighted by molar-refractivity contribution is 5.91. The van der Waals surface area contributed by atoms with Gasteiger partial charge in [0.2, 0.25) is 0 Å². The number of amides is 1. The molecule has 6 nitrogen and oxygen atoms in total. The number of anilines is 1. The second kappa shape index (κ2) is 4.61. The molecule has 0 aliphatic rings. The van der Waals surface area contributed by atoms with Gasteiger partial charge in [-0.15, -0.1) is 0 Å². The minimum Gasteiger partial charge on any atom is -0.444 e. The molecule has 1 aromatic heterocycles. The highest BCUT2D eigenvalue weighted by Gasteiger charge is 2.17. The fourth-order valence-corrected chi connectivity index (χ4v) is 1.63. The summed E-state index contributed by atoms with van der Waals surface area (Å²) in [6.45, 7) is 5.35. The predicted molar refractivity (Wildman–Crippen MR) is 70.7 cm³/mol. The van der Waals surface area contributed by atoms with Gasteiger partial charge in [-0.05, 0) is 32.9 Å². The van der Waals surface area contributed by atoms with Crippen LogP contribution in [0.5, 0.6) is 0 Å². The summed E-state index contributed by atoms with van der Waals surface area (Å²) >= 11 is 0. The maximum Gasteiger partial charge on any atom is 0.412 e. The number of nitriles is 1. The molecule has 0 saturated carbocycles. The van der Waals surface area contributed by atoms with E-state index >= 15 is 0 Å². The molecule has 0 fully saturated rings. The molecule has 6 heteroatoms. The van der Waals surface area contributed by atoms with Gasteiger partial charge in [-0.2, -0.15) is 5.26 Å². The van der Waals surface area contributed by atoms with Gasteiger partial charge in [-0.25, -0.2) is 9.78 Å². The Morgan fingerprint density at radius 2 is 2.21 bits per heavy atom. The van der Waals surface area contributed by atoms with Gasteiger partial charge in [0, 0.05) is 5.69 Å². The third-order valence-electron chi connectivity index (χ3n) is 2.29. The molecule has 0 saturated heterocycles. The molecule has 0 unspecified atom stereocenters. The summed E-state index contributed by atoms with van der Waals surface area (Å²) in [6.07, 6.45) is 0.943. The number of aromatic nitrogens is 2. The molecule has 2 N–H and O–H groups in total. The maximum absolute atomic E-state index is 11.7. The van der Waals surface area contributed by atoms with E-state index in [1.807, 2.05) is 6.07 Å². The number of imidazole rings is 1. The van der Waals surface area contributed by atoms with Gasteiger partial charge < -0.3 is 9.72 Å². The summed E-state index contributed by atoms with van der Waals surface area (Å²) in [5.41, 5.74) is 1.58. The summed E-state index contributed by atoms with van der Waals surface area (Å²) in [6, 6.07) is 5.31.